The van der Waals surface area contributed by atoms with Crippen LogP contribution in [-0.4, -0.2) is 16.1 Å². The molecule has 1 aliphatic rings. The number of amides is 1. The molecule has 1 fully saturated rings. The smallest absolute Gasteiger partial charge is 0.229 e. The molecule has 0 unspecified atom stereocenters. The van der Waals surface area contributed by atoms with E-state index in [2.05, 4.69) is 39.8 Å². The van der Waals surface area contributed by atoms with Crippen molar-refractivity contribution < 1.29 is 9.53 Å². The molecule has 0 atom stereocenters. The Morgan fingerprint density at radius 3 is 2.28 bits per heavy atom. The first-order chi connectivity index (χ1) is 15.7. The van der Waals surface area contributed by atoms with Gasteiger partial charge in [0.1, 0.15) is 12.4 Å². The van der Waals surface area contributed by atoms with Gasteiger partial charge in [0, 0.05) is 17.7 Å². The third-order valence-electron chi connectivity index (χ3n) is 5.64. The predicted octanol–water partition coefficient (Wildman–Crippen LogP) is 5.71. The molecule has 1 aromatic heterocycles. The SMILES string of the molecule is O=C(Cc1ccc(-c2ccc(OCc3ccccc3)cc2)cc1)Nc1cc(C2CC2)[nH]n1. The highest BCUT2D eigenvalue weighted by Crippen LogP contribution is 2.39. The molecule has 160 valence electrons. The number of nitrogens with one attached hydrogen (secondary N) is 2. The molecule has 3 aromatic carbocycles. The number of rotatable bonds is 8. The van der Waals surface area contributed by atoms with Crippen molar-refractivity contribution in [3.63, 3.8) is 0 Å². The van der Waals surface area contributed by atoms with Crippen molar-refractivity contribution in [1.29, 1.82) is 0 Å². The molecule has 32 heavy (non-hydrogen) atoms. The third-order valence-corrected chi connectivity index (χ3v) is 5.64. The first kappa shape index (κ1) is 20.1. The van der Waals surface area contributed by atoms with Crippen LogP contribution in [0.4, 0.5) is 5.82 Å². The number of hydrogen-bond donors (Lipinski definition) is 2. The zero-order chi connectivity index (χ0) is 21.8. The summed E-state index contributed by atoms with van der Waals surface area (Å²) in [5.74, 6) is 1.97. The minimum absolute atomic E-state index is 0.0634. The molecule has 4 aromatic rings. The maximum absolute atomic E-state index is 12.4. The van der Waals surface area contributed by atoms with E-state index >= 15 is 0 Å². The highest BCUT2D eigenvalue weighted by atomic mass is 16.5. The van der Waals surface area contributed by atoms with Gasteiger partial charge in [0.15, 0.2) is 5.82 Å². The fourth-order valence-electron chi connectivity index (χ4n) is 3.68. The second-order valence-corrected chi connectivity index (χ2v) is 8.20. The van der Waals surface area contributed by atoms with Crippen LogP contribution in [0.2, 0.25) is 0 Å². The molecule has 1 heterocycles. The van der Waals surface area contributed by atoms with Crippen LogP contribution in [0.3, 0.4) is 0 Å². The molecule has 1 aliphatic carbocycles. The molecular weight excluding hydrogens is 398 g/mol. The minimum Gasteiger partial charge on any atom is -0.489 e. The number of carbonyl (C=O) groups excluding carboxylic acids is 1. The van der Waals surface area contributed by atoms with Crippen LogP contribution in [0.1, 0.15) is 35.6 Å². The normalized spacial score (nSPS) is 13.0. The number of anilines is 1. The first-order valence-corrected chi connectivity index (χ1v) is 10.9. The predicted molar refractivity (Wildman–Crippen MR) is 126 cm³/mol. The molecule has 2 N–H and O–H groups in total. The molecule has 1 amide bonds. The van der Waals surface area contributed by atoms with Gasteiger partial charge in [0.05, 0.1) is 6.42 Å². The van der Waals surface area contributed by atoms with Crippen LogP contribution in [0.15, 0.2) is 84.9 Å². The Labute approximate surface area is 187 Å². The maximum Gasteiger partial charge on any atom is 0.229 e. The fourth-order valence-corrected chi connectivity index (χ4v) is 3.68. The summed E-state index contributed by atoms with van der Waals surface area (Å²) in [4.78, 5) is 12.4. The Balaban J connectivity index is 1.15. The average Bonchev–Trinajstić information content (AvgIpc) is 3.58. The van der Waals surface area contributed by atoms with E-state index in [9.17, 15) is 4.79 Å². The summed E-state index contributed by atoms with van der Waals surface area (Å²) in [6, 6.07) is 28.2. The summed E-state index contributed by atoms with van der Waals surface area (Å²) in [5, 5.41) is 10.1. The monoisotopic (exact) mass is 423 g/mol. The minimum atomic E-state index is -0.0634. The summed E-state index contributed by atoms with van der Waals surface area (Å²) in [7, 11) is 0. The Bertz CT molecular complexity index is 1180. The topological polar surface area (TPSA) is 67.0 Å². The number of nitrogens with zero attached hydrogens (tertiary/aromatic N) is 1. The van der Waals surface area contributed by atoms with Gasteiger partial charge >= 0.3 is 0 Å². The van der Waals surface area contributed by atoms with Crippen molar-refractivity contribution in [2.24, 2.45) is 0 Å². The van der Waals surface area contributed by atoms with Crippen molar-refractivity contribution in [2.75, 3.05) is 5.32 Å². The van der Waals surface area contributed by atoms with Gasteiger partial charge in [-0.3, -0.25) is 9.89 Å². The number of aromatic amines is 1. The number of H-pyrrole nitrogens is 1. The van der Waals surface area contributed by atoms with Crippen LogP contribution < -0.4 is 10.1 Å². The van der Waals surface area contributed by atoms with Gasteiger partial charge in [0.25, 0.3) is 0 Å². The molecule has 0 saturated heterocycles. The second-order valence-electron chi connectivity index (χ2n) is 8.20. The summed E-state index contributed by atoms with van der Waals surface area (Å²) in [6.07, 6.45) is 2.72. The highest BCUT2D eigenvalue weighted by Gasteiger charge is 2.25. The van der Waals surface area contributed by atoms with Gasteiger partial charge in [-0.05, 0) is 47.2 Å². The quantitative estimate of drug-likeness (QED) is 0.381. The molecule has 0 bridgehead atoms. The van der Waals surface area contributed by atoms with E-state index in [1.165, 1.54) is 12.8 Å². The van der Waals surface area contributed by atoms with Crippen LogP contribution >= 0.6 is 0 Å². The van der Waals surface area contributed by atoms with E-state index < -0.39 is 0 Å². The van der Waals surface area contributed by atoms with Crippen molar-refractivity contribution in [1.82, 2.24) is 10.2 Å². The lowest BCUT2D eigenvalue weighted by Gasteiger charge is -2.08. The van der Waals surface area contributed by atoms with Gasteiger partial charge in [0.2, 0.25) is 5.91 Å². The molecule has 5 heteroatoms. The highest BCUT2D eigenvalue weighted by molar-refractivity contribution is 5.91. The number of carbonyl (C=O) groups is 1. The van der Waals surface area contributed by atoms with E-state index in [1.807, 2.05) is 60.7 Å². The van der Waals surface area contributed by atoms with E-state index in [1.54, 1.807) is 0 Å². The van der Waals surface area contributed by atoms with Gasteiger partial charge in [-0.2, -0.15) is 5.10 Å². The van der Waals surface area contributed by atoms with Crippen molar-refractivity contribution >= 4 is 11.7 Å². The number of aromatic nitrogens is 2. The third kappa shape index (κ3) is 5.06. The molecule has 0 aliphatic heterocycles. The van der Waals surface area contributed by atoms with Gasteiger partial charge in [-0.15, -0.1) is 0 Å². The summed E-state index contributed by atoms with van der Waals surface area (Å²) >= 11 is 0. The van der Waals surface area contributed by atoms with Gasteiger partial charge in [-0.25, -0.2) is 0 Å². The lowest BCUT2D eigenvalue weighted by molar-refractivity contribution is -0.115. The second kappa shape index (κ2) is 9.10. The molecular formula is C27H25N3O2. The molecule has 0 radical (unpaired) electrons. The lowest BCUT2D eigenvalue weighted by Crippen LogP contribution is -2.14. The summed E-state index contributed by atoms with van der Waals surface area (Å²) in [5.41, 5.74) is 5.43. The fraction of sp³-hybridized carbons (Fsp3) is 0.185. The van der Waals surface area contributed by atoms with E-state index in [-0.39, 0.29) is 5.91 Å². The Kier molecular flexibility index (Phi) is 5.71. The van der Waals surface area contributed by atoms with Crippen LogP contribution in [-0.2, 0) is 17.8 Å². The van der Waals surface area contributed by atoms with Crippen LogP contribution in [0.5, 0.6) is 5.75 Å². The van der Waals surface area contributed by atoms with Gasteiger partial charge in [-0.1, -0.05) is 66.7 Å². The van der Waals surface area contributed by atoms with E-state index in [4.69, 9.17) is 4.74 Å². The lowest BCUT2D eigenvalue weighted by atomic mass is 10.0. The molecule has 0 spiro atoms. The van der Waals surface area contributed by atoms with Crippen molar-refractivity contribution in [3.05, 3.63) is 102 Å². The number of ether oxygens (including phenoxy) is 1. The Morgan fingerprint density at radius 2 is 1.59 bits per heavy atom. The molecule has 5 rings (SSSR count). The largest absolute Gasteiger partial charge is 0.489 e. The maximum atomic E-state index is 12.4. The van der Waals surface area contributed by atoms with Crippen LogP contribution in [0, 0.1) is 0 Å². The number of benzene rings is 3. The summed E-state index contributed by atoms with van der Waals surface area (Å²) in [6.45, 7) is 0.553. The van der Waals surface area contributed by atoms with Gasteiger partial charge < -0.3 is 10.1 Å². The standard InChI is InChI=1S/C27H25N3O2/c31-27(28-26-17-25(29-30-26)23-10-11-23)16-19-6-8-21(9-7-19)22-12-14-24(15-13-22)32-18-20-4-2-1-3-5-20/h1-9,12-15,17,23H,10-11,16,18H2,(H2,28,29,30,31). The number of hydrogen-bond acceptors (Lipinski definition) is 3. The molecule has 1 saturated carbocycles. The Morgan fingerprint density at radius 1 is 0.906 bits per heavy atom. The Hall–Kier alpha value is -3.86. The van der Waals surface area contributed by atoms with E-state index in [0.717, 1.165) is 33.7 Å². The van der Waals surface area contributed by atoms with Crippen molar-refractivity contribution in [2.45, 2.75) is 31.8 Å². The molecule has 5 nitrogen and oxygen atoms in total. The zero-order valence-electron chi connectivity index (χ0n) is 17.8. The first-order valence-electron chi connectivity index (χ1n) is 10.9. The zero-order valence-corrected chi connectivity index (χ0v) is 17.8. The van der Waals surface area contributed by atoms with Crippen LogP contribution in [0.25, 0.3) is 11.1 Å². The average molecular weight is 424 g/mol. The summed E-state index contributed by atoms with van der Waals surface area (Å²) < 4.78 is 5.86. The van der Waals surface area contributed by atoms with E-state index in [0.29, 0.717) is 24.8 Å². The van der Waals surface area contributed by atoms with Crippen molar-refractivity contribution in [3.8, 4) is 16.9 Å².